The van der Waals surface area contributed by atoms with Crippen LogP contribution in [0.1, 0.15) is 35.3 Å². The Hall–Kier alpha value is -3.39. The number of para-hydroxylation sites is 1. The Morgan fingerprint density at radius 2 is 1.76 bits per heavy atom. The van der Waals surface area contributed by atoms with Crippen LogP contribution in [0.4, 0.5) is 5.13 Å². The van der Waals surface area contributed by atoms with Crippen LogP contribution in [0.15, 0.2) is 59.4 Å². The van der Waals surface area contributed by atoms with Gasteiger partial charge in [-0.25, -0.2) is 0 Å². The van der Waals surface area contributed by atoms with Crippen molar-refractivity contribution in [3.05, 3.63) is 75.7 Å². The van der Waals surface area contributed by atoms with Gasteiger partial charge in [-0.15, -0.1) is 10.2 Å². The van der Waals surface area contributed by atoms with Gasteiger partial charge in [-0.3, -0.25) is 14.9 Å². The van der Waals surface area contributed by atoms with E-state index in [0.717, 1.165) is 24.3 Å². The highest BCUT2D eigenvalue weighted by Gasteiger charge is 2.19. The van der Waals surface area contributed by atoms with Crippen LogP contribution in [-0.4, -0.2) is 25.9 Å². The number of benzene rings is 2. The molecule has 0 aliphatic heterocycles. The minimum absolute atomic E-state index is 0.161. The lowest BCUT2D eigenvalue weighted by Crippen LogP contribution is -2.26. The second kappa shape index (κ2) is 8.32. The first-order valence-electron chi connectivity index (χ1n) is 9.38. The zero-order valence-electron chi connectivity index (χ0n) is 15.8. The topological polar surface area (TPSA) is 89.8 Å². The molecular weight excluding hydrogens is 386 g/mol. The first-order chi connectivity index (χ1) is 14.2. The number of aryl methyl sites for hydroxylation is 1. The van der Waals surface area contributed by atoms with Crippen LogP contribution in [0.5, 0.6) is 0 Å². The van der Waals surface area contributed by atoms with E-state index in [0.29, 0.717) is 21.6 Å². The molecule has 0 spiro atoms. The van der Waals surface area contributed by atoms with Gasteiger partial charge in [0.15, 0.2) is 5.69 Å². The summed E-state index contributed by atoms with van der Waals surface area (Å²) in [7, 11) is 0. The van der Waals surface area contributed by atoms with Crippen LogP contribution >= 0.6 is 11.3 Å². The van der Waals surface area contributed by atoms with Crippen molar-refractivity contribution in [2.75, 3.05) is 5.32 Å². The van der Waals surface area contributed by atoms with Crippen molar-refractivity contribution in [3.8, 4) is 5.69 Å². The average Bonchev–Trinajstić information content (AvgIpc) is 3.20. The molecule has 2 aromatic heterocycles. The molecule has 0 unspecified atom stereocenters. The van der Waals surface area contributed by atoms with E-state index in [1.807, 2.05) is 18.2 Å². The van der Waals surface area contributed by atoms with Crippen LogP contribution in [0.25, 0.3) is 16.5 Å². The number of rotatable bonds is 6. The first-order valence-corrected chi connectivity index (χ1v) is 10.2. The van der Waals surface area contributed by atoms with E-state index in [1.54, 1.807) is 36.4 Å². The summed E-state index contributed by atoms with van der Waals surface area (Å²) in [6, 6.07) is 16.0. The Bertz CT molecular complexity index is 1220. The second-order valence-corrected chi connectivity index (χ2v) is 7.57. The Morgan fingerprint density at radius 1 is 1.03 bits per heavy atom. The number of carbonyl (C=O) groups is 1. The lowest BCUT2D eigenvalue weighted by molar-refractivity contribution is 0.102. The SMILES string of the molecule is CCCCc1nnc(NC(=O)c2nn(-c3ccccc3)c(=O)c3ccccc23)s1. The molecule has 1 amide bonds. The molecule has 1 N–H and O–H groups in total. The van der Waals surface area contributed by atoms with E-state index >= 15 is 0 Å². The smallest absolute Gasteiger partial charge is 0.279 e. The average molecular weight is 405 g/mol. The zero-order chi connectivity index (χ0) is 20.2. The van der Waals surface area contributed by atoms with Crippen LogP contribution < -0.4 is 10.9 Å². The highest BCUT2D eigenvalue weighted by molar-refractivity contribution is 7.15. The van der Waals surface area contributed by atoms with Crippen LogP contribution in [0, 0.1) is 0 Å². The summed E-state index contributed by atoms with van der Waals surface area (Å²) in [5.41, 5.74) is 0.477. The fraction of sp³-hybridized carbons (Fsp3) is 0.190. The standard InChI is InChI=1S/C21H19N5O2S/c1-2-3-13-17-23-24-21(29-17)22-19(27)18-15-11-7-8-12-16(15)20(28)26(25-18)14-9-5-4-6-10-14/h4-12H,2-3,13H2,1H3,(H,22,24,27). The van der Waals surface area contributed by atoms with Gasteiger partial charge in [-0.05, 0) is 24.6 Å². The first kappa shape index (κ1) is 18.9. The van der Waals surface area contributed by atoms with E-state index in [4.69, 9.17) is 0 Å². The molecule has 7 nitrogen and oxygen atoms in total. The molecule has 0 aliphatic carbocycles. The summed E-state index contributed by atoms with van der Waals surface area (Å²) >= 11 is 1.35. The molecule has 0 radical (unpaired) electrons. The number of hydrogen-bond donors (Lipinski definition) is 1. The lowest BCUT2D eigenvalue weighted by Gasteiger charge is -2.10. The minimum Gasteiger partial charge on any atom is -0.295 e. The fourth-order valence-corrected chi connectivity index (χ4v) is 3.77. The van der Waals surface area contributed by atoms with Crippen LogP contribution in [0.2, 0.25) is 0 Å². The number of nitrogens with one attached hydrogen (secondary N) is 1. The van der Waals surface area contributed by atoms with Gasteiger partial charge < -0.3 is 0 Å². The molecule has 0 atom stereocenters. The molecular formula is C21H19N5O2S. The summed E-state index contributed by atoms with van der Waals surface area (Å²) < 4.78 is 1.25. The second-order valence-electron chi connectivity index (χ2n) is 6.51. The third-order valence-corrected chi connectivity index (χ3v) is 5.35. The quantitative estimate of drug-likeness (QED) is 0.526. The maximum atomic E-state index is 13.0. The molecule has 4 rings (SSSR count). The minimum atomic E-state index is -0.427. The van der Waals surface area contributed by atoms with Gasteiger partial charge in [0.1, 0.15) is 5.01 Å². The molecule has 8 heteroatoms. The summed E-state index contributed by atoms with van der Waals surface area (Å²) in [6.45, 7) is 2.11. The van der Waals surface area contributed by atoms with Gasteiger partial charge in [-0.1, -0.05) is 61.1 Å². The van der Waals surface area contributed by atoms with Crippen molar-refractivity contribution in [3.63, 3.8) is 0 Å². The van der Waals surface area contributed by atoms with E-state index in [1.165, 1.54) is 16.0 Å². The van der Waals surface area contributed by atoms with E-state index < -0.39 is 5.91 Å². The lowest BCUT2D eigenvalue weighted by atomic mass is 10.1. The number of carbonyl (C=O) groups excluding carboxylic acids is 1. The number of fused-ring (bicyclic) bond motifs is 1. The Labute approximate surface area is 171 Å². The van der Waals surface area contributed by atoms with Gasteiger partial charge in [0.25, 0.3) is 11.5 Å². The van der Waals surface area contributed by atoms with Crippen molar-refractivity contribution in [2.45, 2.75) is 26.2 Å². The number of aromatic nitrogens is 4. The molecule has 2 heterocycles. The van der Waals surface area contributed by atoms with Gasteiger partial charge in [0.2, 0.25) is 5.13 Å². The van der Waals surface area contributed by atoms with Gasteiger partial charge in [-0.2, -0.15) is 9.78 Å². The number of hydrogen-bond acceptors (Lipinski definition) is 6. The van der Waals surface area contributed by atoms with E-state index in [9.17, 15) is 9.59 Å². The Morgan fingerprint density at radius 3 is 2.52 bits per heavy atom. The van der Waals surface area contributed by atoms with E-state index in [2.05, 4.69) is 27.5 Å². The third-order valence-electron chi connectivity index (χ3n) is 4.45. The highest BCUT2D eigenvalue weighted by Crippen LogP contribution is 2.20. The molecule has 4 aromatic rings. The predicted molar refractivity (Wildman–Crippen MR) is 114 cm³/mol. The number of unbranched alkanes of at least 4 members (excludes halogenated alkanes) is 1. The van der Waals surface area contributed by atoms with Crippen molar-refractivity contribution in [1.82, 2.24) is 20.0 Å². The normalized spacial score (nSPS) is 10.9. The molecule has 2 aromatic carbocycles. The molecule has 146 valence electrons. The van der Waals surface area contributed by atoms with Gasteiger partial charge >= 0.3 is 0 Å². The van der Waals surface area contributed by atoms with Crippen LogP contribution in [-0.2, 0) is 6.42 Å². The molecule has 0 saturated carbocycles. The summed E-state index contributed by atoms with van der Waals surface area (Å²) in [6.07, 6.45) is 2.93. The van der Waals surface area contributed by atoms with Crippen molar-refractivity contribution < 1.29 is 4.79 Å². The maximum Gasteiger partial charge on any atom is 0.279 e. The monoisotopic (exact) mass is 405 g/mol. The Balaban J connectivity index is 1.74. The van der Waals surface area contributed by atoms with Crippen LogP contribution in [0.3, 0.4) is 0 Å². The van der Waals surface area contributed by atoms with Gasteiger partial charge in [0, 0.05) is 11.8 Å². The number of amides is 1. The molecule has 0 saturated heterocycles. The molecule has 0 aliphatic rings. The fourth-order valence-electron chi connectivity index (χ4n) is 2.99. The number of anilines is 1. The largest absolute Gasteiger partial charge is 0.295 e. The molecule has 0 fully saturated rings. The Kier molecular flexibility index (Phi) is 5.44. The highest BCUT2D eigenvalue weighted by atomic mass is 32.1. The third kappa shape index (κ3) is 3.93. The summed E-state index contributed by atoms with van der Waals surface area (Å²) in [4.78, 5) is 25.9. The van der Waals surface area contributed by atoms with Crippen molar-refractivity contribution >= 4 is 33.1 Å². The summed E-state index contributed by atoms with van der Waals surface area (Å²) in [5.74, 6) is -0.427. The van der Waals surface area contributed by atoms with Crippen molar-refractivity contribution in [1.29, 1.82) is 0 Å². The van der Waals surface area contributed by atoms with Crippen molar-refractivity contribution in [2.24, 2.45) is 0 Å². The van der Waals surface area contributed by atoms with Gasteiger partial charge in [0.05, 0.1) is 11.1 Å². The zero-order valence-corrected chi connectivity index (χ0v) is 16.6. The molecule has 29 heavy (non-hydrogen) atoms. The maximum absolute atomic E-state index is 13.0. The predicted octanol–water partition coefficient (Wildman–Crippen LogP) is 3.83. The van der Waals surface area contributed by atoms with E-state index in [-0.39, 0.29) is 11.3 Å². The number of nitrogens with zero attached hydrogens (tertiary/aromatic N) is 4. The molecule has 0 bridgehead atoms. The summed E-state index contributed by atoms with van der Waals surface area (Å²) in [5, 5.41) is 17.5.